The highest BCUT2D eigenvalue weighted by Gasteiger charge is 2.24. The lowest BCUT2D eigenvalue weighted by molar-refractivity contribution is -0.151. The predicted octanol–water partition coefficient (Wildman–Crippen LogP) is 12.3. The van der Waals surface area contributed by atoms with E-state index in [1.54, 1.807) is 0 Å². The van der Waals surface area contributed by atoms with E-state index in [1.165, 1.54) is 103 Å². The summed E-state index contributed by atoms with van der Waals surface area (Å²) in [5, 5.41) is 23.5. The lowest BCUT2D eigenvalue weighted by Gasteiger charge is -2.24. The number of amides is 1. The van der Waals surface area contributed by atoms with Gasteiger partial charge in [0.15, 0.2) is 0 Å². The van der Waals surface area contributed by atoms with Gasteiger partial charge in [-0.25, -0.2) is 0 Å². The normalized spacial score (nSPS) is 13.9. The molecule has 52 heavy (non-hydrogen) atoms. The molecule has 0 aromatic heterocycles. The topological polar surface area (TPSA) is 95.9 Å². The third-order valence-corrected chi connectivity index (χ3v) is 9.77. The summed E-state index contributed by atoms with van der Waals surface area (Å²) < 4.78 is 5.85. The highest BCUT2D eigenvalue weighted by atomic mass is 16.5. The van der Waals surface area contributed by atoms with Gasteiger partial charge in [-0.3, -0.25) is 9.59 Å². The van der Waals surface area contributed by atoms with Gasteiger partial charge in [-0.15, -0.1) is 0 Å². The first-order valence-electron chi connectivity index (χ1n) is 21.9. The fourth-order valence-corrected chi connectivity index (χ4v) is 6.45. The van der Waals surface area contributed by atoms with Gasteiger partial charge in [-0.1, -0.05) is 204 Å². The molecule has 0 bridgehead atoms. The molecule has 0 saturated carbocycles. The summed E-state index contributed by atoms with van der Waals surface area (Å²) in [5.74, 6) is -0.543. The molecule has 0 aliphatic rings. The molecule has 3 unspecified atom stereocenters. The zero-order valence-corrected chi connectivity index (χ0v) is 34.2. The lowest BCUT2D eigenvalue weighted by atomic mass is 10.0. The number of nitrogens with one attached hydrogen (secondary N) is 1. The number of esters is 1. The van der Waals surface area contributed by atoms with Crippen LogP contribution in [0.4, 0.5) is 0 Å². The van der Waals surface area contributed by atoms with Crippen LogP contribution in [0.25, 0.3) is 0 Å². The minimum absolute atomic E-state index is 0.0331. The predicted molar refractivity (Wildman–Crippen MR) is 222 cm³/mol. The van der Waals surface area contributed by atoms with E-state index in [0.717, 1.165) is 57.8 Å². The number of hydrogen-bond donors (Lipinski definition) is 3. The Kier molecular flexibility index (Phi) is 38.3. The molecule has 1 amide bonds. The second kappa shape index (κ2) is 40.0. The van der Waals surface area contributed by atoms with E-state index >= 15 is 0 Å². The molecule has 0 rings (SSSR count). The quantitative estimate of drug-likeness (QED) is 0.0334. The Morgan fingerprint density at radius 1 is 0.577 bits per heavy atom. The number of aliphatic hydroxyl groups excluding tert-OH is 2. The zero-order valence-electron chi connectivity index (χ0n) is 34.2. The summed E-state index contributed by atoms with van der Waals surface area (Å²) in [7, 11) is 0. The highest BCUT2D eigenvalue weighted by molar-refractivity contribution is 5.77. The van der Waals surface area contributed by atoms with Gasteiger partial charge in [-0.05, 0) is 38.5 Å². The van der Waals surface area contributed by atoms with Gasteiger partial charge in [0.1, 0.15) is 6.10 Å². The first-order valence-corrected chi connectivity index (χ1v) is 21.9. The molecule has 0 spiro atoms. The summed E-state index contributed by atoms with van der Waals surface area (Å²) in [4.78, 5) is 25.9. The highest BCUT2D eigenvalue weighted by Crippen LogP contribution is 2.17. The molecule has 0 aliphatic heterocycles. The Labute approximate surface area is 321 Å². The maximum absolute atomic E-state index is 13.1. The fourth-order valence-electron chi connectivity index (χ4n) is 6.45. The van der Waals surface area contributed by atoms with E-state index in [4.69, 9.17) is 4.74 Å². The molecule has 3 atom stereocenters. The van der Waals surface area contributed by atoms with E-state index in [1.807, 2.05) is 36.5 Å². The van der Waals surface area contributed by atoms with Crippen LogP contribution < -0.4 is 5.32 Å². The van der Waals surface area contributed by atoms with Crippen LogP contribution in [-0.4, -0.2) is 46.9 Å². The van der Waals surface area contributed by atoms with Gasteiger partial charge >= 0.3 is 5.97 Å². The molecule has 0 aromatic carbocycles. The molecular weight excluding hydrogens is 647 g/mol. The molecule has 0 aliphatic carbocycles. The molecule has 0 heterocycles. The van der Waals surface area contributed by atoms with Gasteiger partial charge in [0, 0.05) is 6.42 Å². The van der Waals surface area contributed by atoms with Crippen molar-refractivity contribution in [1.29, 1.82) is 0 Å². The third kappa shape index (κ3) is 34.9. The van der Waals surface area contributed by atoms with Crippen LogP contribution in [0.15, 0.2) is 48.6 Å². The van der Waals surface area contributed by atoms with Crippen molar-refractivity contribution in [1.82, 2.24) is 5.32 Å². The lowest BCUT2D eigenvalue weighted by Crippen LogP contribution is -2.46. The summed E-state index contributed by atoms with van der Waals surface area (Å²) >= 11 is 0. The molecule has 0 saturated heterocycles. The number of hydrogen-bond acceptors (Lipinski definition) is 5. The number of unbranched alkanes of at least 4 members (excludes halogenated alkanes) is 21. The molecule has 302 valence electrons. The molecule has 6 nitrogen and oxygen atoms in total. The Morgan fingerprint density at radius 2 is 1.04 bits per heavy atom. The zero-order chi connectivity index (χ0) is 38.2. The Morgan fingerprint density at radius 3 is 1.54 bits per heavy atom. The molecule has 0 radical (unpaired) electrons. The maximum atomic E-state index is 13.1. The van der Waals surface area contributed by atoms with E-state index in [-0.39, 0.29) is 24.9 Å². The smallest absolute Gasteiger partial charge is 0.306 e. The summed E-state index contributed by atoms with van der Waals surface area (Å²) in [5.41, 5.74) is 0. The second-order valence-electron chi connectivity index (χ2n) is 14.8. The van der Waals surface area contributed by atoms with Crippen LogP contribution in [0.1, 0.15) is 207 Å². The fraction of sp³-hybridized carbons (Fsp3) is 0.783. The van der Waals surface area contributed by atoms with Gasteiger partial charge < -0.3 is 20.3 Å². The maximum Gasteiger partial charge on any atom is 0.306 e. The van der Waals surface area contributed by atoms with Crippen molar-refractivity contribution in [3.05, 3.63) is 48.6 Å². The SMILES string of the molecule is CC/C=C/C=C/C=C\C=C/CCCC(CC(=O)NC(CO)C(O)CCCCCCCCCCCC)OC(=O)CCCCCCCCCCCCCC. The number of allylic oxidation sites excluding steroid dienone is 8. The van der Waals surface area contributed by atoms with Crippen LogP contribution in [0.5, 0.6) is 0 Å². The van der Waals surface area contributed by atoms with Crippen LogP contribution in [0, 0.1) is 0 Å². The van der Waals surface area contributed by atoms with E-state index in [9.17, 15) is 19.8 Å². The minimum atomic E-state index is -0.800. The van der Waals surface area contributed by atoms with Crippen molar-refractivity contribution in [2.45, 2.75) is 225 Å². The largest absolute Gasteiger partial charge is 0.462 e. The van der Waals surface area contributed by atoms with Gasteiger partial charge in [-0.2, -0.15) is 0 Å². The molecular formula is C46H83NO5. The molecule has 0 fully saturated rings. The van der Waals surface area contributed by atoms with E-state index in [0.29, 0.717) is 19.3 Å². The van der Waals surface area contributed by atoms with Crippen LogP contribution >= 0.6 is 0 Å². The van der Waals surface area contributed by atoms with Crippen molar-refractivity contribution >= 4 is 11.9 Å². The molecule has 0 aromatic rings. The van der Waals surface area contributed by atoms with Crippen LogP contribution in [0.2, 0.25) is 0 Å². The summed E-state index contributed by atoms with van der Waals surface area (Å²) in [6, 6.07) is -0.718. The third-order valence-electron chi connectivity index (χ3n) is 9.77. The van der Waals surface area contributed by atoms with Crippen LogP contribution in [0.3, 0.4) is 0 Å². The number of rotatable bonds is 38. The molecule has 6 heteroatoms. The summed E-state index contributed by atoms with van der Waals surface area (Å²) in [6.45, 7) is 6.28. The molecule has 3 N–H and O–H groups in total. The van der Waals surface area contributed by atoms with Crippen molar-refractivity contribution in [2.24, 2.45) is 0 Å². The van der Waals surface area contributed by atoms with Crippen molar-refractivity contribution in [3.8, 4) is 0 Å². The van der Waals surface area contributed by atoms with Crippen molar-refractivity contribution < 1.29 is 24.5 Å². The first kappa shape index (κ1) is 49.8. The Balaban J connectivity index is 4.68. The first-order chi connectivity index (χ1) is 25.5. The summed E-state index contributed by atoms with van der Waals surface area (Å²) in [6.07, 6.45) is 46.1. The minimum Gasteiger partial charge on any atom is -0.462 e. The standard InChI is InChI=1S/C46H83NO5/c1-4-7-10-13-16-19-22-24-27-30-33-36-39-46(51)52-42(37-34-31-28-25-23-20-17-14-11-8-5-2)40-45(50)47-43(41-48)44(49)38-35-32-29-26-21-18-15-12-9-6-3/h8,11,14,17,20,23,25,28,42-44,48-49H,4-7,9-10,12-13,15-16,18-19,21-22,24,26-27,29-41H2,1-3H3,(H,47,50)/b11-8+,17-14+,23-20-,28-25-. The van der Waals surface area contributed by atoms with Gasteiger partial charge in [0.2, 0.25) is 5.91 Å². The van der Waals surface area contributed by atoms with E-state index in [2.05, 4.69) is 38.2 Å². The number of ether oxygens (including phenoxy) is 1. The van der Waals surface area contributed by atoms with Crippen LogP contribution in [-0.2, 0) is 14.3 Å². The monoisotopic (exact) mass is 730 g/mol. The number of carbonyl (C=O) groups excluding carboxylic acids is 2. The Bertz CT molecular complexity index is 910. The Hall–Kier alpha value is -2.18. The average Bonchev–Trinajstić information content (AvgIpc) is 3.13. The second-order valence-corrected chi connectivity index (χ2v) is 14.8. The van der Waals surface area contributed by atoms with Gasteiger partial charge in [0.05, 0.1) is 25.2 Å². The number of carbonyl (C=O) groups is 2. The number of aliphatic hydroxyl groups is 2. The van der Waals surface area contributed by atoms with E-state index < -0.39 is 18.2 Å². The van der Waals surface area contributed by atoms with Gasteiger partial charge in [0.25, 0.3) is 0 Å². The van der Waals surface area contributed by atoms with Crippen molar-refractivity contribution in [3.63, 3.8) is 0 Å². The average molecular weight is 730 g/mol. The van der Waals surface area contributed by atoms with Crippen molar-refractivity contribution in [2.75, 3.05) is 6.61 Å².